The highest BCUT2D eigenvalue weighted by molar-refractivity contribution is 6.30. The first-order valence-electron chi connectivity index (χ1n) is 8.18. The lowest BCUT2D eigenvalue weighted by atomic mass is 10.3. The van der Waals surface area contributed by atoms with Gasteiger partial charge < -0.3 is 19.9 Å². The van der Waals surface area contributed by atoms with E-state index in [0.717, 1.165) is 32.0 Å². The maximum absolute atomic E-state index is 12.0. The Kier molecular flexibility index (Phi) is 5.73. The Bertz CT molecular complexity index is 698. The molecule has 3 rings (SSSR count). The van der Waals surface area contributed by atoms with Gasteiger partial charge in [-0.05, 0) is 43.4 Å². The van der Waals surface area contributed by atoms with Crippen molar-refractivity contribution in [3.05, 3.63) is 47.6 Å². The number of rotatable bonds is 5. The van der Waals surface area contributed by atoms with Crippen LogP contribution in [0.3, 0.4) is 0 Å². The normalized spacial score (nSPS) is 15.0. The fourth-order valence-corrected chi connectivity index (χ4v) is 2.69. The van der Waals surface area contributed by atoms with E-state index >= 15 is 0 Å². The number of benzene rings is 1. The van der Waals surface area contributed by atoms with E-state index in [4.69, 9.17) is 16.3 Å². The second kappa shape index (κ2) is 8.18. The van der Waals surface area contributed by atoms with Crippen LogP contribution in [0.5, 0.6) is 5.75 Å². The monoisotopic (exact) mass is 360 g/mol. The minimum absolute atomic E-state index is 0.0676. The highest BCUT2D eigenvalue weighted by atomic mass is 35.5. The molecule has 132 valence electrons. The highest BCUT2D eigenvalue weighted by Gasteiger charge is 2.15. The van der Waals surface area contributed by atoms with Crippen LogP contribution >= 0.6 is 11.6 Å². The standard InChI is InChI=1S/C18H21ClN4O2/c1-22-8-10-23(11-9-22)17-7-4-15(12-20-17)21-18(24)13-25-16-5-2-14(19)3-6-16/h2-7,12H,8-11,13H2,1H3,(H,21,24). The van der Waals surface area contributed by atoms with E-state index < -0.39 is 0 Å². The molecular formula is C18H21ClN4O2. The lowest BCUT2D eigenvalue weighted by Crippen LogP contribution is -2.44. The smallest absolute Gasteiger partial charge is 0.262 e. The third-order valence-electron chi connectivity index (χ3n) is 4.04. The minimum Gasteiger partial charge on any atom is -0.484 e. The average molecular weight is 361 g/mol. The van der Waals surface area contributed by atoms with Crippen molar-refractivity contribution in [1.29, 1.82) is 0 Å². The van der Waals surface area contributed by atoms with Crippen molar-refractivity contribution in [2.75, 3.05) is 50.1 Å². The van der Waals surface area contributed by atoms with E-state index in [9.17, 15) is 4.79 Å². The third-order valence-corrected chi connectivity index (χ3v) is 4.29. The zero-order chi connectivity index (χ0) is 17.6. The SMILES string of the molecule is CN1CCN(c2ccc(NC(=O)COc3ccc(Cl)cc3)cn2)CC1. The van der Waals surface area contributed by atoms with Crippen LogP contribution in [0, 0.1) is 0 Å². The van der Waals surface area contributed by atoms with Gasteiger partial charge in [0.05, 0.1) is 11.9 Å². The number of carbonyl (C=O) groups is 1. The molecule has 2 aromatic rings. The van der Waals surface area contributed by atoms with Crippen molar-refractivity contribution in [3.8, 4) is 5.75 Å². The number of amides is 1. The number of hydrogen-bond acceptors (Lipinski definition) is 5. The van der Waals surface area contributed by atoms with E-state index in [-0.39, 0.29) is 12.5 Å². The molecule has 1 aromatic carbocycles. The van der Waals surface area contributed by atoms with Gasteiger partial charge in [-0.1, -0.05) is 11.6 Å². The largest absolute Gasteiger partial charge is 0.484 e. The molecule has 0 atom stereocenters. The molecule has 2 heterocycles. The fraction of sp³-hybridized carbons (Fsp3) is 0.333. The summed E-state index contributed by atoms with van der Waals surface area (Å²) in [4.78, 5) is 21.0. The lowest BCUT2D eigenvalue weighted by molar-refractivity contribution is -0.118. The van der Waals surface area contributed by atoms with Crippen LogP contribution < -0.4 is 15.0 Å². The Labute approximate surface area is 152 Å². The Hall–Kier alpha value is -2.31. The molecule has 0 saturated carbocycles. The predicted octanol–water partition coefficient (Wildman–Crippen LogP) is 2.50. The number of carbonyl (C=O) groups excluding carboxylic acids is 1. The van der Waals surface area contributed by atoms with Crippen LogP contribution in [0.15, 0.2) is 42.6 Å². The molecule has 7 heteroatoms. The van der Waals surface area contributed by atoms with Gasteiger partial charge in [0.1, 0.15) is 11.6 Å². The van der Waals surface area contributed by atoms with E-state index in [1.165, 1.54) is 0 Å². The zero-order valence-corrected chi connectivity index (χ0v) is 14.9. The predicted molar refractivity (Wildman–Crippen MR) is 99.5 cm³/mol. The summed E-state index contributed by atoms with van der Waals surface area (Å²) in [6.07, 6.45) is 1.67. The maximum Gasteiger partial charge on any atom is 0.262 e. The van der Waals surface area contributed by atoms with Crippen molar-refractivity contribution in [1.82, 2.24) is 9.88 Å². The van der Waals surface area contributed by atoms with E-state index in [1.54, 1.807) is 30.5 Å². The Morgan fingerprint density at radius 1 is 1.16 bits per heavy atom. The summed E-state index contributed by atoms with van der Waals surface area (Å²) in [6, 6.07) is 10.7. The molecule has 25 heavy (non-hydrogen) atoms. The first-order valence-corrected chi connectivity index (χ1v) is 8.56. The topological polar surface area (TPSA) is 57.7 Å². The maximum atomic E-state index is 12.0. The van der Waals surface area contributed by atoms with Gasteiger partial charge in [-0.25, -0.2) is 4.98 Å². The summed E-state index contributed by atoms with van der Waals surface area (Å²) in [7, 11) is 2.12. The fourth-order valence-electron chi connectivity index (χ4n) is 2.56. The van der Waals surface area contributed by atoms with Crippen LogP contribution in [0.2, 0.25) is 5.02 Å². The molecule has 6 nitrogen and oxygen atoms in total. The van der Waals surface area contributed by atoms with Crippen LogP contribution in [-0.4, -0.2) is 55.6 Å². The summed E-state index contributed by atoms with van der Waals surface area (Å²) in [6.45, 7) is 3.92. The summed E-state index contributed by atoms with van der Waals surface area (Å²) < 4.78 is 5.42. The van der Waals surface area contributed by atoms with E-state index in [0.29, 0.717) is 16.5 Å². The second-order valence-electron chi connectivity index (χ2n) is 5.99. The quantitative estimate of drug-likeness (QED) is 0.887. The van der Waals surface area contributed by atoms with Crippen LogP contribution in [0.1, 0.15) is 0 Å². The van der Waals surface area contributed by atoms with Crippen molar-refractivity contribution in [3.63, 3.8) is 0 Å². The van der Waals surface area contributed by atoms with Gasteiger partial charge >= 0.3 is 0 Å². The molecule has 0 unspecified atom stereocenters. The van der Waals surface area contributed by atoms with Crippen molar-refractivity contribution >= 4 is 29.0 Å². The van der Waals surface area contributed by atoms with Gasteiger partial charge in [0.15, 0.2) is 6.61 Å². The minimum atomic E-state index is -0.232. The first-order chi connectivity index (χ1) is 12.1. The molecule has 0 radical (unpaired) electrons. The Morgan fingerprint density at radius 3 is 2.52 bits per heavy atom. The van der Waals surface area contributed by atoms with Crippen LogP contribution in [0.4, 0.5) is 11.5 Å². The van der Waals surface area contributed by atoms with E-state index in [2.05, 4.69) is 27.1 Å². The van der Waals surface area contributed by atoms with Gasteiger partial charge in [-0.3, -0.25) is 4.79 Å². The van der Waals surface area contributed by atoms with Gasteiger partial charge in [-0.2, -0.15) is 0 Å². The summed E-state index contributed by atoms with van der Waals surface area (Å²) in [5.41, 5.74) is 0.655. The molecule has 1 aromatic heterocycles. The molecule has 1 aliphatic heterocycles. The summed E-state index contributed by atoms with van der Waals surface area (Å²) in [5, 5.41) is 3.41. The number of nitrogens with zero attached hydrogens (tertiary/aromatic N) is 3. The highest BCUT2D eigenvalue weighted by Crippen LogP contribution is 2.17. The molecule has 0 bridgehead atoms. The molecular weight excluding hydrogens is 340 g/mol. The van der Waals surface area contributed by atoms with Crippen LogP contribution in [-0.2, 0) is 4.79 Å². The number of ether oxygens (including phenoxy) is 1. The van der Waals surface area contributed by atoms with Gasteiger partial charge in [0.25, 0.3) is 5.91 Å². The van der Waals surface area contributed by atoms with E-state index in [1.807, 2.05) is 12.1 Å². The number of pyridine rings is 1. The molecule has 0 aliphatic carbocycles. The average Bonchev–Trinajstić information content (AvgIpc) is 2.63. The second-order valence-corrected chi connectivity index (χ2v) is 6.42. The van der Waals surface area contributed by atoms with Crippen LogP contribution in [0.25, 0.3) is 0 Å². The molecule has 0 spiro atoms. The summed E-state index contributed by atoms with van der Waals surface area (Å²) >= 11 is 5.81. The number of likely N-dealkylation sites (N-methyl/N-ethyl adjacent to an activating group) is 1. The third kappa shape index (κ3) is 5.08. The number of piperazine rings is 1. The van der Waals surface area contributed by atoms with Crippen molar-refractivity contribution in [2.24, 2.45) is 0 Å². The van der Waals surface area contributed by atoms with Gasteiger partial charge in [0.2, 0.25) is 0 Å². The number of anilines is 2. The molecule has 1 saturated heterocycles. The molecule has 1 N–H and O–H groups in total. The zero-order valence-electron chi connectivity index (χ0n) is 14.1. The number of nitrogens with one attached hydrogen (secondary N) is 1. The van der Waals surface area contributed by atoms with Crippen molar-refractivity contribution < 1.29 is 9.53 Å². The number of hydrogen-bond donors (Lipinski definition) is 1. The molecule has 1 amide bonds. The molecule has 1 fully saturated rings. The van der Waals surface area contributed by atoms with Gasteiger partial charge in [-0.15, -0.1) is 0 Å². The Balaban J connectivity index is 1.49. The Morgan fingerprint density at radius 2 is 1.88 bits per heavy atom. The number of halogens is 1. The number of aromatic nitrogens is 1. The first kappa shape index (κ1) is 17.5. The van der Waals surface area contributed by atoms with Crippen molar-refractivity contribution in [2.45, 2.75) is 0 Å². The summed E-state index contributed by atoms with van der Waals surface area (Å²) in [5.74, 6) is 1.30. The molecule has 1 aliphatic rings. The van der Waals surface area contributed by atoms with Gasteiger partial charge in [0, 0.05) is 31.2 Å². The lowest BCUT2D eigenvalue weighted by Gasteiger charge is -2.33.